The monoisotopic (exact) mass is 356 g/mol. The maximum atomic E-state index is 12.5. The number of nitrogens with zero attached hydrogens (tertiary/aromatic N) is 1. The maximum Gasteiger partial charge on any atom is 0.255 e. The molecule has 0 aliphatic rings. The average Bonchev–Trinajstić information content (AvgIpc) is 3.04. The first-order chi connectivity index (χ1) is 12.0. The number of rotatable bonds is 5. The van der Waals surface area contributed by atoms with Crippen LogP contribution in [0.15, 0.2) is 36.4 Å². The van der Waals surface area contributed by atoms with Crippen LogP contribution in [0.5, 0.6) is 11.5 Å². The number of anilines is 1. The number of aromatic nitrogens is 1. The number of amides is 1. The molecule has 1 heterocycles. The second-order valence-electron chi connectivity index (χ2n) is 5.91. The van der Waals surface area contributed by atoms with Gasteiger partial charge in [0.25, 0.3) is 5.91 Å². The van der Waals surface area contributed by atoms with Crippen molar-refractivity contribution in [2.75, 3.05) is 19.5 Å². The van der Waals surface area contributed by atoms with E-state index in [1.165, 1.54) is 0 Å². The number of methoxy groups -OCH3 is 2. The molecule has 1 N–H and O–H groups in total. The zero-order chi connectivity index (χ0) is 18.0. The Hall–Kier alpha value is -2.60. The lowest BCUT2D eigenvalue weighted by Crippen LogP contribution is -2.12. The molecule has 0 fully saturated rings. The van der Waals surface area contributed by atoms with Crippen molar-refractivity contribution >= 4 is 33.1 Å². The first kappa shape index (κ1) is 17.2. The van der Waals surface area contributed by atoms with Gasteiger partial charge in [-0.05, 0) is 36.4 Å². The highest BCUT2D eigenvalue weighted by Crippen LogP contribution is 2.30. The van der Waals surface area contributed by atoms with Crippen LogP contribution in [0.2, 0.25) is 0 Å². The van der Waals surface area contributed by atoms with E-state index in [-0.39, 0.29) is 5.91 Å². The quantitative estimate of drug-likeness (QED) is 0.720. The highest BCUT2D eigenvalue weighted by molar-refractivity contribution is 7.18. The number of hydrogen-bond acceptors (Lipinski definition) is 5. The van der Waals surface area contributed by atoms with Gasteiger partial charge in [0, 0.05) is 17.2 Å². The van der Waals surface area contributed by atoms with Crippen LogP contribution in [0.4, 0.5) is 5.69 Å². The van der Waals surface area contributed by atoms with Crippen LogP contribution in [0.25, 0.3) is 10.2 Å². The summed E-state index contributed by atoms with van der Waals surface area (Å²) in [5.74, 6) is 1.30. The van der Waals surface area contributed by atoms with Crippen LogP contribution in [0, 0.1) is 0 Å². The van der Waals surface area contributed by atoms with Gasteiger partial charge in [-0.15, -0.1) is 11.3 Å². The molecule has 1 aromatic heterocycles. The van der Waals surface area contributed by atoms with Crippen molar-refractivity contribution in [1.82, 2.24) is 4.98 Å². The third kappa shape index (κ3) is 3.58. The molecule has 1 amide bonds. The van der Waals surface area contributed by atoms with Gasteiger partial charge in [0.15, 0.2) is 11.5 Å². The Morgan fingerprint density at radius 1 is 1.08 bits per heavy atom. The Bertz CT molecular complexity index is 918. The highest BCUT2D eigenvalue weighted by Gasteiger charge is 2.12. The van der Waals surface area contributed by atoms with Crippen molar-refractivity contribution in [2.24, 2.45) is 0 Å². The van der Waals surface area contributed by atoms with Gasteiger partial charge in [-0.2, -0.15) is 0 Å². The van der Waals surface area contributed by atoms with Crippen LogP contribution in [0.1, 0.15) is 35.1 Å². The first-order valence-electron chi connectivity index (χ1n) is 7.95. The van der Waals surface area contributed by atoms with Gasteiger partial charge >= 0.3 is 0 Å². The molecule has 0 unspecified atom stereocenters. The van der Waals surface area contributed by atoms with Gasteiger partial charge in [0.1, 0.15) is 0 Å². The number of hydrogen-bond donors (Lipinski definition) is 1. The minimum absolute atomic E-state index is 0.200. The maximum absolute atomic E-state index is 12.5. The first-order valence-corrected chi connectivity index (χ1v) is 8.77. The van der Waals surface area contributed by atoms with Crippen molar-refractivity contribution in [3.8, 4) is 11.5 Å². The molecule has 0 bridgehead atoms. The fourth-order valence-electron chi connectivity index (χ4n) is 2.45. The smallest absolute Gasteiger partial charge is 0.255 e. The second-order valence-corrected chi connectivity index (χ2v) is 6.98. The molecule has 130 valence electrons. The molecule has 0 saturated heterocycles. The molecule has 0 aliphatic carbocycles. The van der Waals surface area contributed by atoms with E-state index in [4.69, 9.17) is 9.47 Å². The minimum Gasteiger partial charge on any atom is -0.493 e. The molecule has 3 aromatic rings. The number of nitrogens with one attached hydrogen (secondary N) is 1. The van der Waals surface area contributed by atoms with Crippen molar-refractivity contribution in [3.63, 3.8) is 0 Å². The zero-order valence-corrected chi connectivity index (χ0v) is 15.4. The molecule has 0 radical (unpaired) electrons. The SMILES string of the molecule is COc1ccc(C(=O)Nc2ccc3nc(C(C)C)sc3c2)cc1OC. The summed E-state index contributed by atoms with van der Waals surface area (Å²) in [5.41, 5.74) is 2.20. The van der Waals surface area contributed by atoms with E-state index >= 15 is 0 Å². The van der Waals surface area contributed by atoms with Gasteiger partial charge in [-0.25, -0.2) is 4.98 Å². The van der Waals surface area contributed by atoms with Crippen LogP contribution >= 0.6 is 11.3 Å². The summed E-state index contributed by atoms with van der Waals surface area (Å²) >= 11 is 1.65. The van der Waals surface area contributed by atoms with E-state index < -0.39 is 0 Å². The van der Waals surface area contributed by atoms with Gasteiger partial charge in [0.05, 0.1) is 29.4 Å². The molecular formula is C19H20N2O3S. The summed E-state index contributed by atoms with van der Waals surface area (Å²) in [4.78, 5) is 17.1. The number of carbonyl (C=O) groups excluding carboxylic acids is 1. The van der Waals surface area contributed by atoms with Crippen molar-refractivity contribution in [1.29, 1.82) is 0 Å². The number of benzene rings is 2. The molecular weight excluding hydrogens is 336 g/mol. The second kappa shape index (κ2) is 7.11. The summed E-state index contributed by atoms with van der Waals surface area (Å²) in [6, 6.07) is 10.8. The van der Waals surface area contributed by atoms with Gasteiger partial charge in [0.2, 0.25) is 0 Å². The lowest BCUT2D eigenvalue weighted by atomic mass is 10.2. The van der Waals surface area contributed by atoms with Crippen molar-refractivity contribution in [3.05, 3.63) is 47.0 Å². The van der Waals surface area contributed by atoms with Gasteiger partial charge < -0.3 is 14.8 Å². The van der Waals surface area contributed by atoms with E-state index in [1.807, 2.05) is 18.2 Å². The number of carbonyl (C=O) groups is 1. The summed E-state index contributed by atoms with van der Waals surface area (Å²) in [7, 11) is 3.11. The fraction of sp³-hybridized carbons (Fsp3) is 0.263. The third-order valence-corrected chi connectivity index (χ3v) is 5.12. The lowest BCUT2D eigenvalue weighted by Gasteiger charge is -2.10. The lowest BCUT2D eigenvalue weighted by molar-refractivity contribution is 0.102. The molecule has 0 saturated carbocycles. The minimum atomic E-state index is -0.200. The Kier molecular flexibility index (Phi) is 4.90. The predicted molar refractivity (Wildman–Crippen MR) is 101 cm³/mol. The summed E-state index contributed by atoms with van der Waals surface area (Å²) < 4.78 is 11.5. The van der Waals surface area contributed by atoms with Crippen LogP contribution < -0.4 is 14.8 Å². The normalized spacial score (nSPS) is 10.9. The Balaban J connectivity index is 1.84. The topological polar surface area (TPSA) is 60.5 Å². The molecule has 6 heteroatoms. The largest absolute Gasteiger partial charge is 0.493 e. The Morgan fingerprint density at radius 2 is 1.84 bits per heavy atom. The number of fused-ring (bicyclic) bond motifs is 1. The van der Waals surface area contributed by atoms with E-state index in [0.29, 0.717) is 23.0 Å². The molecule has 5 nitrogen and oxygen atoms in total. The molecule has 0 aliphatic heterocycles. The fourth-order valence-corrected chi connectivity index (χ4v) is 3.46. The molecule has 2 aromatic carbocycles. The third-order valence-electron chi connectivity index (χ3n) is 3.80. The van der Waals surface area contributed by atoms with Crippen molar-refractivity contribution in [2.45, 2.75) is 19.8 Å². The summed E-state index contributed by atoms with van der Waals surface area (Å²) in [6.45, 7) is 4.24. The van der Waals surface area contributed by atoms with Crippen LogP contribution in [0.3, 0.4) is 0 Å². The number of ether oxygens (including phenoxy) is 2. The highest BCUT2D eigenvalue weighted by atomic mass is 32.1. The molecule has 3 rings (SSSR count). The van der Waals surface area contributed by atoms with E-state index in [2.05, 4.69) is 24.1 Å². The van der Waals surface area contributed by atoms with E-state index in [0.717, 1.165) is 20.9 Å². The predicted octanol–water partition coefficient (Wildman–Crippen LogP) is 4.69. The number of thiazole rings is 1. The summed E-state index contributed by atoms with van der Waals surface area (Å²) in [6.07, 6.45) is 0. The molecule has 25 heavy (non-hydrogen) atoms. The van der Waals surface area contributed by atoms with Gasteiger partial charge in [-0.1, -0.05) is 13.8 Å². The van der Waals surface area contributed by atoms with Crippen LogP contribution in [-0.2, 0) is 0 Å². The molecule has 0 spiro atoms. The van der Waals surface area contributed by atoms with E-state index in [1.54, 1.807) is 43.8 Å². The Morgan fingerprint density at radius 3 is 2.52 bits per heavy atom. The van der Waals surface area contributed by atoms with Crippen molar-refractivity contribution < 1.29 is 14.3 Å². The Labute approximate surface area is 150 Å². The van der Waals surface area contributed by atoms with E-state index in [9.17, 15) is 4.79 Å². The standard InChI is InChI=1S/C19H20N2O3S/c1-11(2)19-21-14-7-6-13(10-17(14)25-19)20-18(22)12-5-8-15(23-3)16(9-12)24-4/h5-11H,1-4H3,(H,20,22). The van der Waals surface area contributed by atoms with Crippen LogP contribution in [-0.4, -0.2) is 25.1 Å². The van der Waals surface area contributed by atoms with Gasteiger partial charge in [-0.3, -0.25) is 4.79 Å². The average molecular weight is 356 g/mol. The summed E-state index contributed by atoms with van der Waals surface area (Å²) in [5, 5.41) is 4.02. The zero-order valence-electron chi connectivity index (χ0n) is 14.6. The molecule has 0 atom stereocenters.